The fourth-order valence-electron chi connectivity index (χ4n) is 1.82. The molecule has 2 aromatic rings. The van der Waals surface area contributed by atoms with Gasteiger partial charge in [-0.1, -0.05) is 0 Å². The number of aromatic carboxylic acids is 1. The molecule has 2 rings (SSSR count). The van der Waals surface area contributed by atoms with Gasteiger partial charge in [-0.3, -0.25) is 0 Å². The predicted octanol–water partition coefficient (Wildman–Crippen LogP) is 2.85. The van der Waals surface area contributed by atoms with Crippen LogP contribution in [-0.2, 0) is 6.42 Å². The van der Waals surface area contributed by atoms with Crippen molar-refractivity contribution in [2.45, 2.75) is 6.42 Å². The Morgan fingerprint density at radius 2 is 1.76 bits per heavy atom. The van der Waals surface area contributed by atoms with Gasteiger partial charge in [0.2, 0.25) is 0 Å². The summed E-state index contributed by atoms with van der Waals surface area (Å²) in [6.45, 7) is 0.196. The van der Waals surface area contributed by atoms with Crippen LogP contribution >= 0.6 is 0 Å². The Morgan fingerprint density at radius 1 is 1.10 bits per heavy atom. The first-order valence-electron chi connectivity index (χ1n) is 6.03. The molecular weight excluding hydrogens is 285 g/mol. The van der Waals surface area contributed by atoms with E-state index in [1.165, 1.54) is 12.1 Å². The van der Waals surface area contributed by atoms with E-state index in [1.807, 2.05) is 0 Å². The van der Waals surface area contributed by atoms with E-state index in [4.69, 9.17) is 5.11 Å². The third-order valence-electron chi connectivity index (χ3n) is 2.71. The van der Waals surface area contributed by atoms with Crippen LogP contribution < -0.4 is 5.32 Å². The molecule has 0 fully saturated rings. The lowest BCUT2D eigenvalue weighted by Crippen LogP contribution is -2.11. The van der Waals surface area contributed by atoms with Crippen LogP contribution in [0.1, 0.15) is 15.9 Å². The highest BCUT2D eigenvalue weighted by Crippen LogP contribution is 2.14. The largest absolute Gasteiger partial charge is 0.478 e. The Morgan fingerprint density at radius 3 is 2.38 bits per heavy atom. The van der Waals surface area contributed by atoms with Gasteiger partial charge < -0.3 is 10.4 Å². The Bertz CT molecular complexity index is 657. The van der Waals surface area contributed by atoms with Crippen LogP contribution in [0.15, 0.2) is 30.5 Å². The zero-order valence-electron chi connectivity index (χ0n) is 10.7. The first-order valence-corrected chi connectivity index (χ1v) is 6.03. The van der Waals surface area contributed by atoms with Crippen LogP contribution in [0.4, 0.5) is 19.0 Å². The molecule has 2 N–H and O–H groups in total. The number of nitrogens with zero attached hydrogens (tertiary/aromatic N) is 1. The number of benzene rings is 1. The number of nitrogens with one attached hydrogen (secondary N) is 1. The van der Waals surface area contributed by atoms with Gasteiger partial charge in [0.15, 0.2) is 0 Å². The number of carbonyl (C=O) groups is 1. The molecule has 0 bridgehead atoms. The van der Waals surface area contributed by atoms with Crippen molar-refractivity contribution >= 4 is 11.8 Å². The Hall–Kier alpha value is -2.57. The van der Waals surface area contributed by atoms with Crippen molar-refractivity contribution in [1.29, 1.82) is 0 Å². The zero-order valence-corrected chi connectivity index (χ0v) is 10.7. The molecule has 0 aliphatic heterocycles. The second kappa shape index (κ2) is 6.25. The molecule has 0 saturated heterocycles. The summed E-state index contributed by atoms with van der Waals surface area (Å²) in [4.78, 5) is 14.6. The van der Waals surface area contributed by atoms with Gasteiger partial charge in [-0.05, 0) is 30.2 Å². The summed E-state index contributed by atoms with van der Waals surface area (Å²) in [5.41, 5.74) is 0.111. The topological polar surface area (TPSA) is 62.2 Å². The van der Waals surface area contributed by atoms with Crippen molar-refractivity contribution < 1.29 is 23.1 Å². The van der Waals surface area contributed by atoms with Crippen LogP contribution in [0.2, 0.25) is 0 Å². The average Bonchev–Trinajstić information content (AvgIpc) is 2.39. The van der Waals surface area contributed by atoms with Gasteiger partial charge in [0.25, 0.3) is 0 Å². The summed E-state index contributed by atoms with van der Waals surface area (Å²) in [5.74, 6) is -3.44. The maximum atomic E-state index is 13.0. The molecule has 1 aromatic heterocycles. The minimum atomic E-state index is -1.32. The number of carboxylic acids is 1. The number of pyridine rings is 1. The van der Waals surface area contributed by atoms with Crippen molar-refractivity contribution in [3.63, 3.8) is 0 Å². The van der Waals surface area contributed by atoms with Gasteiger partial charge in [-0.25, -0.2) is 22.9 Å². The van der Waals surface area contributed by atoms with Crippen LogP contribution in [0, 0.1) is 17.5 Å². The van der Waals surface area contributed by atoms with Gasteiger partial charge in [0.1, 0.15) is 28.8 Å². The van der Waals surface area contributed by atoms with Crippen molar-refractivity contribution in [3.8, 4) is 0 Å². The summed E-state index contributed by atoms with van der Waals surface area (Å²) >= 11 is 0. The Balaban J connectivity index is 2.05. The van der Waals surface area contributed by atoms with E-state index in [1.54, 1.807) is 0 Å². The monoisotopic (exact) mass is 296 g/mol. The van der Waals surface area contributed by atoms with Crippen LogP contribution in [-0.4, -0.2) is 22.6 Å². The fourth-order valence-corrected chi connectivity index (χ4v) is 1.82. The SMILES string of the molecule is O=C(O)c1cc(F)cnc1NCCc1cc(F)cc(F)c1. The highest BCUT2D eigenvalue weighted by molar-refractivity contribution is 5.93. The smallest absolute Gasteiger partial charge is 0.339 e. The second-order valence-electron chi connectivity index (χ2n) is 4.31. The first-order chi connectivity index (χ1) is 9.95. The zero-order chi connectivity index (χ0) is 15.4. The standard InChI is InChI=1S/C14H11F3N2O2/c15-9-3-8(4-10(16)5-9)1-2-18-13-12(14(20)21)6-11(17)7-19-13/h3-7H,1-2H2,(H,18,19)(H,20,21). The summed E-state index contributed by atoms with van der Waals surface area (Å²) in [5, 5.41) is 11.6. The predicted molar refractivity (Wildman–Crippen MR) is 69.7 cm³/mol. The van der Waals surface area contributed by atoms with E-state index in [0.717, 1.165) is 18.3 Å². The number of aromatic nitrogens is 1. The second-order valence-corrected chi connectivity index (χ2v) is 4.31. The molecule has 0 unspecified atom stereocenters. The van der Waals surface area contributed by atoms with Gasteiger partial charge in [0.05, 0.1) is 6.20 Å². The average molecular weight is 296 g/mol. The fraction of sp³-hybridized carbons (Fsp3) is 0.143. The van der Waals surface area contributed by atoms with Gasteiger partial charge >= 0.3 is 5.97 Å². The summed E-state index contributed by atoms with van der Waals surface area (Å²) in [7, 11) is 0. The maximum Gasteiger partial charge on any atom is 0.339 e. The summed E-state index contributed by atoms with van der Waals surface area (Å²) < 4.78 is 38.9. The summed E-state index contributed by atoms with van der Waals surface area (Å²) in [6, 6.07) is 3.97. The van der Waals surface area contributed by atoms with Crippen molar-refractivity contribution in [3.05, 3.63) is 59.0 Å². The molecule has 0 atom stereocenters. The van der Waals surface area contributed by atoms with Crippen LogP contribution in [0.25, 0.3) is 0 Å². The van der Waals surface area contributed by atoms with Gasteiger partial charge in [-0.2, -0.15) is 0 Å². The third-order valence-corrected chi connectivity index (χ3v) is 2.71. The van der Waals surface area contributed by atoms with Crippen molar-refractivity contribution in [2.75, 3.05) is 11.9 Å². The molecule has 4 nitrogen and oxygen atoms in total. The molecular formula is C14H11F3N2O2. The lowest BCUT2D eigenvalue weighted by Gasteiger charge is -2.08. The van der Waals surface area contributed by atoms with E-state index in [0.29, 0.717) is 5.56 Å². The normalized spacial score (nSPS) is 10.4. The minimum absolute atomic E-state index is 0.000718. The van der Waals surface area contributed by atoms with E-state index < -0.39 is 23.4 Å². The van der Waals surface area contributed by atoms with Crippen LogP contribution in [0.3, 0.4) is 0 Å². The Labute approximate surface area is 118 Å². The number of hydrogen-bond acceptors (Lipinski definition) is 3. The van der Waals surface area contributed by atoms with Crippen molar-refractivity contribution in [1.82, 2.24) is 4.98 Å². The van der Waals surface area contributed by atoms with E-state index >= 15 is 0 Å². The van der Waals surface area contributed by atoms with E-state index in [9.17, 15) is 18.0 Å². The van der Waals surface area contributed by atoms with E-state index in [-0.39, 0.29) is 24.3 Å². The lowest BCUT2D eigenvalue weighted by atomic mass is 10.1. The molecule has 110 valence electrons. The molecule has 0 amide bonds. The number of hydrogen-bond donors (Lipinski definition) is 2. The van der Waals surface area contributed by atoms with E-state index in [2.05, 4.69) is 10.3 Å². The van der Waals surface area contributed by atoms with Gasteiger partial charge in [0, 0.05) is 12.6 Å². The number of carboxylic acid groups (broad SMARTS) is 1. The highest BCUT2D eigenvalue weighted by Gasteiger charge is 2.12. The molecule has 0 saturated carbocycles. The van der Waals surface area contributed by atoms with Crippen LogP contribution in [0.5, 0.6) is 0 Å². The molecule has 21 heavy (non-hydrogen) atoms. The molecule has 1 aromatic carbocycles. The molecule has 0 spiro atoms. The third kappa shape index (κ3) is 3.95. The maximum absolute atomic E-state index is 13.0. The highest BCUT2D eigenvalue weighted by atomic mass is 19.1. The van der Waals surface area contributed by atoms with Crippen molar-refractivity contribution in [2.24, 2.45) is 0 Å². The molecule has 0 radical (unpaired) electrons. The molecule has 1 heterocycles. The lowest BCUT2D eigenvalue weighted by molar-refractivity contribution is 0.0697. The van der Waals surface area contributed by atoms with Gasteiger partial charge in [-0.15, -0.1) is 0 Å². The molecule has 0 aliphatic carbocycles. The number of rotatable bonds is 5. The molecule has 0 aliphatic rings. The number of halogens is 3. The quantitative estimate of drug-likeness (QED) is 0.890. The summed E-state index contributed by atoms with van der Waals surface area (Å²) in [6.07, 6.45) is 1.14. The Kier molecular flexibility index (Phi) is 4.42. The minimum Gasteiger partial charge on any atom is -0.478 e. The number of anilines is 1. The molecule has 7 heteroatoms. The first kappa shape index (κ1) is 14.8.